The molecule has 6 heteroatoms. The number of hydrogen-bond donors (Lipinski definition) is 2. The third kappa shape index (κ3) is 2.42. The molecule has 0 spiro atoms. The van der Waals surface area contributed by atoms with E-state index < -0.39 is 5.97 Å². The second-order valence-electron chi connectivity index (χ2n) is 3.89. The number of methoxy groups -OCH3 is 1. The van der Waals surface area contributed by atoms with E-state index in [-0.39, 0.29) is 5.69 Å². The van der Waals surface area contributed by atoms with Crippen molar-refractivity contribution < 1.29 is 14.6 Å². The third-order valence-corrected chi connectivity index (χ3v) is 3.08. The Morgan fingerprint density at radius 2 is 2.26 bits per heavy atom. The van der Waals surface area contributed by atoms with E-state index in [0.29, 0.717) is 34.3 Å². The van der Waals surface area contributed by atoms with Crippen LogP contribution in [-0.4, -0.2) is 28.2 Å². The van der Waals surface area contributed by atoms with Crippen LogP contribution in [0.4, 0.5) is 0 Å². The molecule has 0 bridgehead atoms. The Balaban J connectivity index is 2.63. The molecule has 100 valence electrons. The fourth-order valence-electron chi connectivity index (χ4n) is 1.86. The molecule has 0 saturated carbocycles. The van der Waals surface area contributed by atoms with Gasteiger partial charge in [-0.25, -0.2) is 9.78 Å². The SMILES string of the molecule is CCc1[nH]c(-c2c(Cl)cccc2OC)nc1C(=O)O. The summed E-state index contributed by atoms with van der Waals surface area (Å²) >= 11 is 6.14. The van der Waals surface area contributed by atoms with Crippen molar-refractivity contribution in [2.45, 2.75) is 13.3 Å². The number of imidazole rings is 1. The zero-order valence-corrected chi connectivity index (χ0v) is 11.3. The number of benzene rings is 1. The molecule has 1 heterocycles. The Morgan fingerprint density at radius 1 is 1.53 bits per heavy atom. The molecule has 0 amide bonds. The van der Waals surface area contributed by atoms with Crippen molar-refractivity contribution >= 4 is 17.6 Å². The van der Waals surface area contributed by atoms with Crippen LogP contribution in [0, 0.1) is 0 Å². The minimum atomic E-state index is -1.06. The van der Waals surface area contributed by atoms with Crippen LogP contribution in [0.3, 0.4) is 0 Å². The molecular formula is C13H13ClN2O3. The molecule has 2 rings (SSSR count). The molecule has 19 heavy (non-hydrogen) atoms. The molecule has 0 unspecified atom stereocenters. The van der Waals surface area contributed by atoms with Gasteiger partial charge in [0.1, 0.15) is 11.6 Å². The summed E-state index contributed by atoms with van der Waals surface area (Å²) in [5, 5.41) is 9.56. The number of aryl methyl sites for hydroxylation is 1. The molecular weight excluding hydrogens is 268 g/mol. The number of carboxylic acids is 1. The molecule has 1 aromatic carbocycles. The summed E-state index contributed by atoms with van der Waals surface area (Å²) in [6.45, 7) is 1.85. The molecule has 0 aliphatic heterocycles. The van der Waals surface area contributed by atoms with E-state index in [4.69, 9.17) is 21.4 Å². The molecule has 0 saturated heterocycles. The van der Waals surface area contributed by atoms with Gasteiger partial charge in [-0.3, -0.25) is 0 Å². The highest BCUT2D eigenvalue weighted by Gasteiger charge is 2.19. The minimum absolute atomic E-state index is 0.0134. The van der Waals surface area contributed by atoms with Crippen molar-refractivity contribution in [3.05, 3.63) is 34.6 Å². The van der Waals surface area contributed by atoms with Gasteiger partial charge in [0.25, 0.3) is 0 Å². The van der Waals surface area contributed by atoms with Crippen molar-refractivity contribution in [3.63, 3.8) is 0 Å². The molecule has 0 fully saturated rings. The molecule has 5 nitrogen and oxygen atoms in total. The first kappa shape index (κ1) is 13.4. The fourth-order valence-corrected chi connectivity index (χ4v) is 2.12. The van der Waals surface area contributed by atoms with Crippen molar-refractivity contribution in [1.29, 1.82) is 0 Å². The summed E-state index contributed by atoms with van der Waals surface area (Å²) in [5.74, 6) is -0.122. The van der Waals surface area contributed by atoms with Gasteiger partial charge in [0.15, 0.2) is 5.69 Å². The lowest BCUT2D eigenvalue weighted by molar-refractivity contribution is 0.0690. The van der Waals surface area contributed by atoms with Gasteiger partial charge < -0.3 is 14.8 Å². The van der Waals surface area contributed by atoms with Crippen LogP contribution in [0.2, 0.25) is 5.02 Å². The second-order valence-corrected chi connectivity index (χ2v) is 4.30. The Hall–Kier alpha value is -2.01. The third-order valence-electron chi connectivity index (χ3n) is 2.77. The van der Waals surface area contributed by atoms with E-state index >= 15 is 0 Å². The van der Waals surface area contributed by atoms with Crippen molar-refractivity contribution in [3.8, 4) is 17.1 Å². The summed E-state index contributed by atoms with van der Waals surface area (Å²) < 4.78 is 5.23. The number of H-pyrrole nitrogens is 1. The van der Waals surface area contributed by atoms with Crippen LogP contribution in [-0.2, 0) is 6.42 Å². The number of aromatic amines is 1. The Labute approximate surface area is 115 Å². The number of carbonyl (C=O) groups is 1. The number of nitrogens with one attached hydrogen (secondary N) is 1. The largest absolute Gasteiger partial charge is 0.496 e. The monoisotopic (exact) mass is 280 g/mol. The first-order chi connectivity index (χ1) is 9.08. The minimum Gasteiger partial charge on any atom is -0.496 e. The number of aromatic nitrogens is 2. The number of rotatable bonds is 4. The van der Waals surface area contributed by atoms with Gasteiger partial charge in [0, 0.05) is 5.69 Å². The molecule has 2 N–H and O–H groups in total. The summed E-state index contributed by atoms with van der Waals surface area (Å²) in [6.07, 6.45) is 0.543. The maximum Gasteiger partial charge on any atom is 0.356 e. The van der Waals surface area contributed by atoms with Crippen LogP contribution in [0.1, 0.15) is 23.1 Å². The van der Waals surface area contributed by atoms with Crippen LogP contribution in [0.5, 0.6) is 5.75 Å². The lowest BCUT2D eigenvalue weighted by Crippen LogP contribution is -2.00. The van der Waals surface area contributed by atoms with Crippen LogP contribution >= 0.6 is 11.6 Å². The van der Waals surface area contributed by atoms with Crippen LogP contribution in [0.15, 0.2) is 18.2 Å². The highest BCUT2D eigenvalue weighted by atomic mass is 35.5. The van der Waals surface area contributed by atoms with E-state index in [0.717, 1.165) is 0 Å². The number of halogens is 1. The Kier molecular flexibility index (Phi) is 3.76. The van der Waals surface area contributed by atoms with Crippen LogP contribution < -0.4 is 4.74 Å². The van der Waals surface area contributed by atoms with Gasteiger partial charge in [-0.15, -0.1) is 0 Å². The molecule has 1 aromatic heterocycles. The Bertz CT molecular complexity index is 622. The average Bonchev–Trinajstić information content (AvgIpc) is 2.82. The molecule has 0 aliphatic carbocycles. The summed E-state index contributed by atoms with van der Waals surface area (Å²) in [4.78, 5) is 18.2. The Morgan fingerprint density at radius 3 is 2.79 bits per heavy atom. The average molecular weight is 281 g/mol. The van der Waals surface area contributed by atoms with Gasteiger partial charge in [0.2, 0.25) is 0 Å². The summed E-state index contributed by atoms with van der Waals surface area (Å²) in [5.41, 5.74) is 1.14. The molecule has 0 aliphatic rings. The zero-order valence-electron chi connectivity index (χ0n) is 10.5. The van der Waals surface area contributed by atoms with E-state index in [1.165, 1.54) is 7.11 Å². The number of ether oxygens (including phenoxy) is 1. The van der Waals surface area contributed by atoms with Gasteiger partial charge in [-0.05, 0) is 18.6 Å². The number of carboxylic acid groups (broad SMARTS) is 1. The highest BCUT2D eigenvalue weighted by Crippen LogP contribution is 2.35. The van der Waals surface area contributed by atoms with Gasteiger partial charge in [-0.2, -0.15) is 0 Å². The normalized spacial score (nSPS) is 10.5. The van der Waals surface area contributed by atoms with E-state index in [2.05, 4.69) is 9.97 Å². The first-order valence-electron chi connectivity index (χ1n) is 5.73. The molecule has 0 atom stereocenters. The highest BCUT2D eigenvalue weighted by molar-refractivity contribution is 6.33. The standard InChI is InChI=1S/C13H13ClN2O3/c1-3-8-11(13(17)18)16-12(15-8)10-7(14)5-4-6-9(10)19-2/h4-6H,3H2,1-2H3,(H,15,16)(H,17,18). The number of aromatic carboxylic acids is 1. The zero-order chi connectivity index (χ0) is 14.0. The van der Waals surface area contributed by atoms with E-state index in [9.17, 15) is 4.79 Å². The number of nitrogens with zero attached hydrogens (tertiary/aromatic N) is 1. The quantitative estimate of drug-likeness (QED) is 0.903. The van der Waals surface area contributed by atoms with Gasteiger partial charge >= 0.3 is 5.97 Å². The fraction of sp³-hybridized carbons (Fsp3) is 0.231. The topological polar surface area (TPSA) is 75.2 Å². The maximum absolute atomic E-state index is 11.1. The summed E-state index contributed by atoms with van der Waals surface area (Å²) in [6, 6.07) is 5.20. The van der Waals surface area contributed by atoms with Crippen molar-refractivity contribution in [2.24, 2.45) is 0 Å². The van der Waals surface area contributed by atoms with Gasteiger partial charge in [-0.1, -0.05) is 24.6 Å². The van der Waals surface area contributed by atoms with Crippen LogP contribution in [0.25, 0.3) is 11.4 Å². The number of hydrogen-bond acceptors (Lipinski definition) is 3. The maximum atomic E-state index is 11.1. The second kappa shape index (κ2) is 5.32. The van der Waals surface area contributed by atoms with E-state index in [1.54, 1.807) is 18.2 Å². The lowest BCUT2D eigenvalue weighted by Gasteiger charge is -2.07. The summed E-state index contributed by atoms with van der Waals surface area (Å²) in [7, 11) is 1.52. The van der Waals surface area contributed by atoms with Crippen molar-refractivity contribution in [1.82, 2.24) is 9.97 Å². The van der Waals surface area contributed by atoms with E-state index in [1.807, 2.05) is 6.92 Å². The van der Waals surface area contributed by atoms with Crippen molar-refractivity contribution in [2.75, 3.05) is 7.11 Å². The predicted molar refractivity (Wildman–Crippen MR) is 71.9 cm³/mol. The van der Waals surface area contributed by atoms with Gasteiger partial charge in [0.05, 0.1) is 17.7 Å². The molecule has 0 radical (unpaired) electrons. The first-order valence-corrected chi connectivity index (χ1v) is 6.11. The predicted octanol–water partition coefficient (Wildman–Crippen LogP) is 3.00. The smallest absolute Gasteiger partial charge is 0.356 e. The molecule has 2 aromatic rings. The lowest BCUT2D eigenvalue weighted by atomic mass is 10.2.